The van der Waals surface area contributed by atoms with Crippen molar-refractivity contribution in [1.29, 1.82) is 0 Å². The van der Waals surface area contributed by atoms with E-state index in [-0.39, 0.29) is 12.3 Å². The van der Waals surface area contributed by atoms with Gasteiger partial charge in [-0.05, 0) is 17.7 Å². The largest absolute Gasteiger partial charge is 0.293 e. The van der Waals surface area contributed by atoms with Crippen LogP contribution in [-0.4, -0.2) is 12.3 Å². The molecule has 1 heterocycles. The summed E-state index contributed by atoms with van der Waals surface area (Å²) >= 11 is 6.78. The molecule has 62 valence electrons. The molecule has 0 aliphatic heterocycles. The first-order valence-electron chi connectivity index (χ1n) is 3.03. The molecule has 12 heavy (non-hydrogen) atoms. The summed E-state index contributed by atoms with van der Waals surface area (Å²) in [6.45, 7) is -0.145. The number of halogens is 1. The van der Waals surface area contributed by atoms with Crippen molar-refractivity contribution in [2.45, 2.75) is 0 Å². The minimum absolute atomic E-state index is 0.145. The number of rotatable bonds is 3. The van der Waals surface area contributed by atoms with Crippen LogP contribution in [0.3, 0.4) is 0 Å². The Morgan fingerprint density at radius 2 is 2.50 bits per heavy atom. The van der Waals surface area contributed by atoms with Gasteiger partial charge in [0.05, 0.1) is 15.8 Å². The van der Waals surface area contributed by atoms with E-state index in [1.54, 1.807) is 12.1 Å². The van der Waals surface area contributed by atoms with Gasteiger partial charge in [-0.15, -0.1) is 11.3 Å². The predicted octanol–water partition coefficient (Wildman–Crippen LogP) is 2.89. The quantitative estimate of drug-likeness (QED) is 0.321. The molecular weight excluding hydrogens is 198 g/mol. The summed E-state index contributed by atoms with van der Waals surface area (Å²) in [5.41, 5.74) is 7.95. The highest BCUT2D eigenvalue weighted by Gasteiger charge is 2.06. The molecule has 1 aromatic rings. The number of Topliss-reactive ketones (excluding diaryl/α,β-unsaturated/α-hetero) is 1. The lowest BCUT2D eigenvalue weighted by Gasteiger charge is -1.87. The molecule has 1 rings (SSSR count). The van der Waals surface area contributed by atoms with Crippen molar-refractivity contribution in [2.75, 3.05) is 6.54 Å². The van der Waals surface area contributed by atoms with E-state index in [2.05, 4.69) is 10.0 Å². The van der Waals surface area contributed by atoms with E-state index in [0.29, 0.717) is 9.21 Å². The molecule has 0 saturated carbocycles. The standard InChI is InChI=1S/C6H4ClN3OS/c7-6-2-1-5(12-6)4(11)3-9-10-8/h1-2H,3H2. The summed E-state index contributed by atoms with van der Waals surface area (Å²) < 4.78 is 0.555. The molecule has 0 N–H and O–H groups in total. The van der Waals surface area contributed by atoms with Crippen LogP contribution in [0.2, 0.25) is 4.34 Å². The second kappa shape index (κ2) is 4.11. The average Bonchev–Trinajstić information content (AvgIpc) is 2.47. The molecular formula is C6H4ClN3OS. The lowest BCUT2D eigenvalue weighted by atomic mass is 10.3. The lowest BCUT2D eigenvalue weighted by Crippen LogP contribution is -1.98. The molecule has 1 aromatic heterocycles. The number of azide groups is 1. The first kappa shape index (κ1) is 9.06. The van der Waals surface area contributed by atoms with Crippen molar-refractivity contribution in [2.24, 2.45) is 5.11 Å². The molecule has 0 aliphatic rings. The van der Waals surface area contributed by atoms with Crippen LogP contribution in [0.1, 0.15) is 9.67 Å². The van der Waals surface area contributed by atoms with Crippen molar-refractivity contribution in [3.8, 4) is 0 Å². The maximum absolute atomic E-state index is 11.1. The zero-order valence-electron chi connectivity index (χ0n) is 5.90. The summed E-state index contributed by atoms with van der Waals surface area (Å²) in [6, 6.07) is 3.25. The predicted molar refractivity (Wildman–Crippen MR) is 47.7 cm³/mol. The third-order valence-electron chi connectivity index (χ3n) is 1.13. The van der Waals surface area contributed by atoms with Gasteiger partial charge in [0, 0.05) is 4.91 Å². The Bertz CT molecular complexity index is 342. The second-order valence-corrected chi connectivity index (χ2v) is 3.63. The van der Waals surface area contributed by atoms with E-state index in [0.717, 1.165) is 0 Å². The van der Waals surface area contributed by atoms with Gasteiger partial charge in [0.1, 0.15) is 0 Å². The Hall–Kier alpha value is -1.03. The van der Waals surface area contributed by atoms with E-state index in [4.69, 9.17) is 17.1 Å². The summed E-state index contributed by atoms with van der Waals surface area (Å²) in [4.78, 5) is 14.1. The van der Waals surface area contributed by atoms with Crippen molar-refractivity contribution in [1.82, 2.24) is 0 Å². The van der Waals surface area contributed by atoms with Gasteiger partial charge < -0.3 is 0 Å². The van der Waals surface area contributed by atoms with Crippen LogP contribution in [-0.2, 0) is 0 Å². The van der Waals surface area contributed by atoms with E-state index >= 15 is 0 Å². The first-order valence-corrected chi connectivity index (χ1v) is 4.23. The smallest absolute Gasteiger partial charge is 0.178 e. The van der Waals surface area contributed by atoms with Crippen molar-refractivity contribution in [3.05, 3.63) is 31.8 Å². The van der Waals surface area contributed by atoms with Crippen LogP contribution in [0.15, 0.2) is 17.2 Å². The number of thiophene rings is 1. The van der Waals surface area contributed by atoms with Gasteiger partial charge in [-0.3, -0.25) is 4.79 Å². The fraction of sp³-hybridized carbons (Fsp3) is 0.167. The number of carbonyl (C=O) groups is 1. The monoisotopic (exact) mass is 201 g/mol. The fourth-order valence-electron chi connectivity index (χ4n) is 0.638. The van der Waals surface area contributed by atoms with Gasteiger partial charge in [0.25, 0.3) is 0 Å². The van der Waals surface area contributed by atoms with Crippen LogP contribution in [0.25, 0.3) is 10.4 Å². The molecule has 0 bridgehead atoms. The van der Waals surface area contributed by atoms with Gasteiger partial charge in [0.15, 0.2) is 5.78 Å². The van der Waals surface area contributed by atoms with Gasteiger partial charge in [-0.1, -0.05) is 16.7 Å². The molecule has 0 aliphatic carbocycles. The molecule has 6 heteroatoms. The Morgan fingerprint density at radius 3 is 3.00 bits per heavy atom. The topological polar surface area (TPSA) is 65.8 Å². The minimum Gasteiger partial charge on any atom is -0.293 e. The molecule has 0 spiro atoms. The molecule has 4 nitrogen and oxygen atoms in total. The van der Waals surface area contributed by atoms with Crippen LogP contribution in [0.4, 0.5) is 0 Å². The zero-order valence-corrected chi connectivity index (χ0v) is 7.47. The Labute approximate surface area is 77.4 Å². The maximum Gasteiger partial charge on any atom is 0.178 e. The summed E-state index contributed by atoms with van der Waals surface area (Å²) in [5, 5.41) is 3.15. The fourth-order valence-corrected chi connectivity index (χ4v) is 1.61. The van der Waals surface area contributed by atoms with Gasteiger partial charge in [0.2, 0.25) is 0 Å². The molecule has 0 saturated heterocycles. The van der Waals surface area contributed by atoms with Crippen LogP contribution in [0, 0.1) is 0 Å². The third-order valence-corrected chi connectivity index (χ3v) is 2.40. The SMILES string of the molecule is [N-]=[N+]=NCC(=O)c1ccc(Cl)s1. The second-order valence-electron chi connectivity index (χ2n) is 1.92. The van der Waals surface area contributed by atoms with Crippen LogP contribution >= 0.6 is 22.9 Å². The summed E-state index contributed by atoms with van der Waals surface area (Å²) in [5.74, 6) is -0.204. The highest BCUT2D eigenvalue weighted by molar-refractivity contribution is 7.18. The van der Waals surface area contributed by atoms with Crippen LogP contribution < -0.4 is 0 Å². The molecule has 0 radical (unpaired) electrons. The number of hydrogen-bond donors (Lipinski definition) is 0. The Balaban J connectivity index is 2.71. The molecule has 0 atom stereocenters. The van der Waals surface area contributed by atoms with E-state index < -0.39 is 0 Å². The summed E-state index contributed by atoms with van der Waals surface area (Å²) in [6.07, 6.45) is 0. The number of nitrogens with zero attached hydrogens (tertiary/aromatic N) is 3. The number of ketones is 1. The molecule has 0 unspecified atom stereocenters. The van der Waals surface area contributed by atoms with E-state index in [1.165, 1.54) is 11.3 Å². The van der Waals surface area contributed by atoms with Gasteiger partial charge in [-0.25, -0.2) is 0 Å². The van der Waals surface area contributed by atoms with Crippen molar-refractivity contribution < 1.29 is 4.79 Å². The summed E-state index contributed by atoms with van der Waals surface area (Å²) in [7, 11) is 0. The minimum atomic E-state index is -0.204. The third kappa shape index (κ3) is 2.23. The first-order chi connectivity index (χ1) is 5.74. The lowest BCUT2D eigenvalue weighted by molar-refractivity contribution is 0.101. The average molecular weight is 202 g/mol. The van der Waals surface area contributed by atoms with Crippen molar-refractivity contribution in [3.63, 3.8) is 0 Å². The van der Waals surface area contributed by atoms with Gasteiger partial charge in [-0.2, -0.15) is 0 Å². The number of carbonyl (C=O) groups excluding carboxylic acids is 1. The Morgan fingerprint density at radius 1 is 1.75 bits per heavy atom. The highest BCUT2D eigenvalue weighted by atomic mass is 35.5. The maximum atomic E-state index is 11.1. The molecule has 0 aromatic carbocycles. The van der Waals surface area contributed by atoms with E-state index in [9.17, 15) is 4.79 Å². The highest BCUT2D eigenvalue weighted by Crippen LogP contribution is 2.21. The normalized spacial score (nSPS) is 9.08. The zero-order chi connectivity index (χ0) is 8.97. The van der Waals surface area contributed by atoms with E-state index in [1.807, 2.05) is 0 Å². The Kier molecular flexibility index (Phi) is 3.10. The number of hydrogen-bond acceptors (Lipinski definition) is 3. The van der Waals surface area contributed by atoms with Gasteiger partial charge >= 0.3 is 0 Å². The molecule has 0 fully saturated rings. The van der Waals surface area contributed by atoms with Crippen LogP contribution in [0.5, 0.6) is 0 Å². The van der Waals surface area contributed by atoms with Crippen molar-refractivity contribution >= 4 is 28.7 Å². The molecule has 0 amide bonds.